The van der Waals surface area contributed by atoms with Gasteiger partial charge in [-0.05, 0) is 41.3 Å². The second-order valence-corrected chi connectivity index (χ2v) is 6.01. The highest BCUT2D eigenvalue weighted by molar-refractivity contribution is 7.20. The average Bonchev–Trinajstić information content (AvgIpc) is 3.00. The number of benzene rings is 2. The highest BCUT2D eigenvalue weighted by Crippen LogP contribution is 2.25. The summed E-state index contributed by atoms with van der Waals surface area (Å²) in [6, 6.07) is 13.5. The van der Waals surface area contributed by atoms with E-state index in [4.69, 9.17) is 5.11 Å². The molecule has 0 unspecified atom stereocenters. The Morgan fingerprint density at radius 1 is 1.12 bits per heavy atom. The molecular weight excluding hydrogens is 328 g/mol. The van der Waals surface area contributed by atoms with Gasteiger partial charge in [-0.2, -0.15) is 5.10 Å². The van der Waals surface area contributed by atoms with Gasteiger partial charge in [0.05, 0.1) is 11.1 Å². The van der Waals surface area contributed by atoms with Crippen LogP contribution in [0.25, 0.3) is 10.1 Å². The normalized spacial score (nSPS) is 11.0. The molecule has 3 aromatic rings. The maximum absolute atomic E-state index is 12.1. The molecule has 24 heavy (non-hydrogen) atoms. The van der Waals surface area contributed by atoms with Crippen LogP contribution in [0.4, 0.5) is 0 Å². The molecule has 0 aliphatic rings. The molecule has 3 N–H and O–H groups in total. The standard InChI is InChI=1S/C17H12N2O4S/c20-13-6-5-10(7-12(13)17(22)23)9-18-19-16(21)15-8-11-3-1-2-4-14(11)24-15/h1-9,20H,(H,19,21)(H,22,23). The summed E-state index contributed by atoms with van der Waals surface area (Å²) in [6.45, 7) is 0. The fourth-order valence-electron chi connectivity index (χ4n) is 2.12. The van der Waals surface area contributed by atoms with Crippen molar-refractivity contribution in [3.8, 4) is 5.75 Å². The van der Waals surface area contributed by atoms with Gasteiger partial charge < -0.3 is 10.2 Å². The summed E-state index contributed by atoms with van der Waals surface area (Å²) < 4.78 is 1.01. The van der Waals surface area contributed by atoms with Crippen LogP contribution in [0, 0.1) is 0 Å². The lowest BCUT2D eigenvalue weighted by molar-refractivity contribution is 0.0693. The Morgan fingerprint density at radius 2 is 1.92 bits per heavy atom. The van der Waals surface area contributed by atoms with Gasteiger partial charge in [-0.1, -0.05) is 18.2 Å². The number of fused-ring (bicyclic) bond motifs is 1. The third kappa shape index (κ3) is 3.26. The van der Waals surface area contributed by atoms with Crippen LogP contribution in [0.5, 0.6) is 5.75 Å². The molecule has 0 atom stereocenters. The second-order valence-electron chi connectivity index (χ2n) is 4.93. The molecule has 120 valence electrons. The molecule has 0 spiro atoms. The van der Waals surface area contributed by atoms with Gasteiger partial charge in [0.2, 0.25) is 0 Å². The van der Waals surface area contributed by atoms with Crippen molar-refractivity contribution in [2.75, 3.05) is 0 Å². The van der Waals surface area contributed by atoms with Gasteiger partial charge in [-0.25, -0.2) is 10.2 Å². The smallest absolute Gasteiger partial charge is 0.339 e. The lowest BCUT2D eigenvalue weighted by Crippen LogP contribution is -2.16. The van der Waals surface area contributed by atoms with E-state index in [9.17, 15) is 14.7 Å². The van der Waals surface area contributed by atoms with E-state index in [1.165, 1.54) is 35.8 Å². The zero-order chi connectivity index (χ0) is 17.1. The largest absolute Gasteiger partial charge is 0.507 e. The number of hydrazone groups is 1. The van der Waals surface area contributed by atoms with E-state index >= 15 is 0 Å². The Kier molecular flexibility index (Phi) is 4.26. The molecule has 0 aliphatic carbocycles. The fraction of sp³-hybridized carbons (Fsp3) is 0. The molecule has 1 heterocycles. The maximum atomic E-state index is 12.1. The molecular formula is C17H12N2O4S. The third-order valence-electron chi connectivity index (χ3n) is 3.28. The van der Waals surface area contributed by atoms with Crippen molar-refractivity contribution in [1.82, 2.24) is 5.43 Å². The predicted octanol–water partition coefficient (Wildman–Crippen LogP) is 3.07. The third-order valence-corrected chi connectivity index (χ3v) is 4.39. The number of aromatic hydroxyl groups is 1. The first-order chi connectivity index (χ1) is 11.5. The van der Waals surface area contributed by atoms with Crippen LogP contribution in [0.2, 0.25) is 0 Å². The van der Waals surface area contributed by atoms with Crippen molar-refractivity contribution in [3.63, 3.8) is 0 Å². The number of carbonyl (C=O) groups excluding carboxylic acids is 1. The van der Waals surface area contributed by atoms with Crippen LogP contribution in [0.3, 0.4) is 0 Å². The Bertz CT molecular complexity index is 929. The van der Waals surface area contributed by atoms with Crippen molar-refractivity contribution in [3.05, 3.63) is 64.5 Å². The molecule has 2 aromatic carbocycles. The first-order valence-corrected chi connectivity index (χ1v) is 7.74. The number of rotatable bonds is 4. The minimum Gasteiger partial charge on any atom is -0.507 e. The Balaban J connectivity index is 1.73. The van der Waals surface area contributed by atoms with E-state index in [2.05, 4.69) is 10.5 Å². The quantitative estimate of drug-likeness (QED) is 0.502. The van der Waals surface area contributed by atoms with Gasteiger partial charge in [-0.15, -0.1) is 11.3 Å². The summed E-state index contributed by atoms with van der Waals surface area (Å²) >= 11 is 1.36. The number of hydrogen-bond donors (Lipinski definition) is 3. The molecule has 0 fully saturated rings. The molecule has 0 bridgehead atoms. The summed E-state index contributed by atoms with van der Waals surface area (Å²) in [7, 11) is 0. The maximum Gasteiger partial charge on any atom is 0.339 e. The van der Waals surface area contributed by atoms with Gasteiger partial charge in [0, 0.05) is 4.70 Å². The lowest BCUT2D eigenvalue weighted by Gasteiger charge is -2.00. The van der Waals surface area contributed by atoms with Crippen molar-refractivity contribution in [2.24, 2.45) is 5.10 Å². The van der Waals surface area contributed by atoms with Crippen molar-refractivity contribution in [2.45, 2.75) is 0 Å². The first-order valence-electron chi connectivity index (χ1n) is 6.93. The average molecular weight is 340 g/mol. The lowest BCUT2D eigenvalue weighted by atomic mass is 10.1. The summed E-state index contributed by atoms with van der Waals surface area (Å²) in [5.41, 5.74) is 2.62. The first kappa shape index (κ1) is 15.7. The summed E-state index contributed by atoms with van der Waals surface area (Å²) in [5, 5.41) is 23.2. The van der Waals surface area contributed by atoms with Gasteiger partial charge >= 0.3 is 5.97 Å². The topological polar surface area (TPSA) is 99.0 Å². The number of nitrogens with one attached hydrogen (secondary N) is 1. The molecule has 3 rings (SSSR count). The van der Waals surface area contributed by atoms with Gasteiger partial charge in [0.15, 0.2) is 0 Å². The van der Waals surface area contributed by atoms with Crippen LogP contribution in [-0.4, -0.2) is 28.3 Å². The molecule has 6 nitrogen and oxygen atoms in total. The van der Waals surface area contributed by atoms with E-state index in [1.54, 1.807) is 6.07 Å². The highest BCUT2D eigenvalue weighted by atomic mass is 32.1. The van der Waals surface area contributed by atoms with E-state index in [0.717, 1.165) is 10.1 Å². The summed E-state index contributed by atoms with van der Waals surface area (Å²) in [4.78, 5) is 23.6. The molecule has 1 amide bonds. The minimum absolute atomic E-state index is 0.227. The zero-order valence-electron chi connectivity index (χ0n) is 12.3. The summed E-state index contributed by atoms with van der Waals surface area (Å²) in [5.74, 6) is -1.91. The molecule has 7 heteroatoms. The SMILES string of the molecule is O=C(NN=Cc1ccc(O)c(C(=O)O)c1)c1cc2ccccc2s1. The zero-order valence-corrected chi connectivity index (χ0v) is 13.1. The van der Waals surface area contributed by atoms with Crippen LogP contribution in [0.15, 0.2) is 53.6 Å². The Labute approximate surface area is 140 Å². The van der Waals surface area contributed by atoms with Crippen molar-refractivity contribution >= 4 is 39.5 Å². The van der Waals surface area contributed by atoms with E-state index < -0.39 is 5.97 Å². The number of carboxylic acids is 1. The van der Waals surface area contributed by atoms with Gasteiger partial charge in [0.1, 0.15) is 11.3 Å². The number of carboxylic acid groups (broad SMARTS) is 1. The molecule has 0 radical (unpaired) electrons. The number of phenols is 1. The summed E-state index contributed by atoms with van der Waals surface area (Å²) in [6.07, 6.45) is 1.32. The minimum atomic E-state index is -1.24. The van der Waals surface area contributed by atoms with Crippen LogP contribution < -0.4 is 5.43 Å². The van der Waals surface area contributed by atoms with Crippen LogP contribution in [0.1, 0.15) is 25.6 Å². The monoisotopic (exact) mass is 340 g/mol. The molecule has 0 saturated heterocycles. The molecule has 0 saturated carbocycles. The number of carbonyl (C=O) groups is 2. The van der Waals surface area contributed by atoms with Crippen molar-refractivity contribution < 1.29 is 19.8 Å². The number of hydrogen-bond acceptors (Lipinski definition) is 5. The highest BCUT2D eigenvalue weighted by Gasteiger charge is 2.10. The Morgan fingerprint density at radius 3 is 2.67 bits per heavy atom. The molecule has 1 aromatic heterocycles. The fourth-order valence-corrected chi connectivity index (χ4v) is 3.07. The second kappa shape index (κ2) is 6.51. The van der Waals surface area contributed by atoms with E-state index in [1.807, 2.05) is 24.3 Å². The van der Waals surface area contributed by atoms with E-state index in [0.29, 0.717) is 10.4 Å². The Hall–Kier alpha value is -3.19. The van der Waals surface area contributed by atoms with Crippen molar-refractivity contribution in [1.29, 1.82) is 0 Å². The number of thiophene rings is 1. The van der Waals surface area contributed by atoms with Crippen LogP contribution >= 0.6 is 11.3 Å². The van der Waals surface area contributed by atoms with Crippen LogP contribution in [-0.2, 0) is 0 Å². The predicted molar refractivity (Wildman–Crippen MR) is 92.0 cm³/mol. The van der Waals surface area contributed by atoms with Gasteiger partial charge in [-0.3, -0.25) is 4.79 Å². The number of aromatic carboxylic acids is 1. The number of nitrogens with zero attached hydrogens (tertiary/aromatic N) is 1. The van der Waals surface area contributed by atoms with Gasteiger partial charge in [0.25, 0.3) is 5.91 Å². The molecule has 0 aliphatic heterocycles. The van der Waals surface area contributed by atoms with E-state index in [-0.39, 0.29) is 17.2 Å². The number of amides is 1.